The SMILES string of the molecule is CCCCCCCCCCCCCCCCCC[C]1CCCC1. The van der Waals surface area contributed by atoms with Crippen LogP contribution >= 0.6 is 0 Å². The Morgan fingerprint density at radius 3 is 1.22 bits per heavy atom. The first-order valence-electron chi connectivity index (χ1n) is 11.3. The van der Waals surface area contributed by atoms with Crippen LogP contribution in [0.2, 0.25) is 0 Å². The smallest absolute Gasteiger partial charge is 0.0241 e. The molecule has 0 aromatic heterocycles. The van der Waals surface area contributed by atoms with Crippen molar-refractivity contribution in [1.82, 2.24) is 0 Å². The molecule has 0 heteroatoms. The van der Waals surface area contributed by atoms with Gasteiger partial charge in [0.2, 0.25) is 0 Å². The highest BCUT2D eigenvalue weighted by Crippen LogP contribution is 2.31. The van der Waals surface area contributed by atoms with Gasteiger partial charge in [-0.2, -0.15) is 0 Å². The van der Waals surface area contributed by atoms with Crippen LogP contribution in [0, 0.1) is 5.92 Å². The van der Waals surface area contributed by atoms with Gasteiger partial charge >= 0.3 is 0 Å². The van der Waals surface area contributed by atoms with Crippen LogP contribution in [0.4, 0.5) is 0 Å². The van der Waals surface area contributed by atoms with E-state index < -0.39 is 0 Å². The Hall–Kier alpha value is 0. The Kier molecular flexibility index (Phi) is 15.4. The molecule has 0 heterocycles. The quantitative estimate of drug-likeness (QED) is 0.235. The molecule has 1 fully saturated rings. The average Bonchev–Trinajstić information content (AvgIpc) is 3.08. The predicted octanol–water partition coefficient (Wildman–Crippen LogP) is 8.79. The first kappa shape index (κ1) is 21.0. The fourth-order valence-electron chi connectivity index (χ4n) is 4.05. The molecular weight excluding hydrogens is 276 g/mol. The van der Waals surface area contributed by atoms with E-state index in [9.17, 15) is 0 Å². The summed E-state index contributed by atoms with van der Waals surface area (Å²) in [5, 5.41) is 0. The second-order valence-corrected chi connectivity index (χ2v) is 8.01. The van der Waals surface area contributed by atoms with E-state index in [0.717, 1.165) is 0 Å². The molecule has 1 aliphatic carbocycles. The minimum absolute atomic E-state index is 1.37. The van der Waals surface area contributed by atoms with E-state index in [1.54, 1.807) is 0 Å². The standard InChI is InChI=1S/C23H45/c1-2-3-4-5-6-7-8-9-10-11-12-13-14-15-16-17-20-23-21-18-19-22-23/h2-22H2,1H3. The van der Waals surface area contributed by atoms with Crippen LogP contribution in [-0.4, -0.2) is 0 Å². The summed E-state index contributed by atoms with van der Waals surface area (Å²) in [4.78, 5) is 0. The molecule has 0 bridgehead atoms. The molecule has 0 saturated heterocycles. The van der Waals surface area contributed by atoms with Gasteiger partial charge < -0.3 is 0 Å². The summed E-state index contributed by atoms with van der Waals surface area (Å²) in [6.45, 7) is 2.30. The minimum atomic E-state index is 1.37. The molecule has 23 heavy (non-hydrogen) atoms. The van der Waals surface area contributed by atoms with Gasteiger partial charge in [0.25, 0.3) is 0 Å². The fourth-order valence-corrected chi connectivity index (χ4v) is 4.05. The molecule has 0 aromatic rings. The maximum absolute atomic E-state index is 2.30. The fraction of sp³-hybridized carbons (Fsp3) is 0.957. The highest BCUT2D eigenvalue weighted by atomic mass is 14.2. The predicted molar refractivity (Wildman–Crippen MR) is 106 cm³/mol. The number of hydrogen-bond donors (Lipinski definition) is 0. The summed E-state index contributed by atoms with van der Waals surface area (Å²) in [6.07, 6.45) is 31.0. The molecule has 0 atom stereocenters. The molecule has 137 valence electrons. The van der Waals surface area contributed by atoms with Crippen molar-refractivity contribution in [1.29, 1.82) is 0 Å². The molecule has 1 saturated carbocycles. The van der Waals surface area contributed by atoms with Crippen LogP contribution in [0.15, 0.2) is 0 Å². The van der Waals surface area contributed by atoms with Gasteiger partial charge in [-0.3, -0.25) is 0 Å². The molecule has 0 unspecified atom stereocenters. The third-order valence-electron chi connectivity index (χ3n) is 5.69. The summed E-state index contributed by atoms with van der Waals surface area (Å²) < 4.78 is 0. The Bertz CT molecular complexity index is 214. The maximum Gasteiger partial charge on any atom is -0.0241 e. The van der Waals surface area contributed by atoms with Crippen molar-refractivity contribution in [3.63, 3.8) is 0 Å². The van der Waals surface area contributed by atoms with Crippen LogP contribution in [-0.2, 0) is 0 Å². The first-order valence-corrected chi connectivity index (χ1v) is 11.3. The Labute approximate surface area is 148 Å². The summed E-state index contributed by atoms with van der Waals surface area (Å²) in [5.41, 5.74) is 0. The molecule has 0 aliphatic heterocycles. The number of rotatable bonds is 17. The van der Waals surface area contributed by atoms with E-state index in [0.29, 0.717) is 0 Å². The Morgan fingerprint density at radius 1 is 0.478 bits per heavy atom. The van der Waals surface area contributed by atoms with E-state index in [1.807, 2.05) is 5.92 Å². The van der Waals surface area contributed by atoms with Crippen LogP contribution in [0.1, 0.15) is 142 Å². The van der Waals surface area contributed by atoms with Gasteiger partial charge in [-0.05, 0) is 25.2 Å². The van der Waals surface area contributed by atoms with Crippen molar-refractivity contribution in [3.05, 3.63) is 5.92 Å². The van der Waals surface area contributed by atoms with Crippen molar-refractivity contribution in [2.24, 2.45) is 0 Å². The van der Waals surface area contributed by atoms with E-state index in [-0.39, 0.29) is 0 Å². The Morgan fingerprint density at radius 2 is 0.826 bits per heavy atom. The summed E-state index contributed by atoms with van der Waals surface area (Å²) in [5.74, 6) is 1.88. The zero-order valence-electron chi connectivity index (χ0n) is 16.3. The zero-order valence-corrected chi connectivity index (χ0v) is 16.3. The van der Waals surface area contributed by atoms with Crippen LogP contribution in [0.5, 0.6) is 0 Å². The minimum Gasteiger partial charge on any atom is -0.0654 e. The monoisotopic (exact) mass is 321 g/mol. The van der Waals surface area contributed by atoms with Gasteiger partial charge in [-0.25, -0.2) is 0 Å². The molecule has 0 nitrogen and oxygen atoms in total. The average molecular weight is 322 g/mol. The van der Waals surface area contributed by atoms with Gasteiger partial charge in [-0.1, -0.05) is 122 Å². The zero-order chi connectivity index (χ0) is 16.4. The molecule has 0 amide bonds. The lowest BCUT2D eigenvalue weighted by molar-refractivity contribution is 0.527. The van der Waals surface area contributed by atoms with Crippen molar-refractivity contribution in [3.8, 4) is 0 Å². The van der Waals surface area contributed by atoms with Crippen LogP contribution in [0.25, 0.3) is 0 Å². The van der Waals surface area contributed by atoms with Gasteiger partial charge in [0.15, 0.2) is 0 Å². The second-order valence-electron chi connectivity index (χ2n) is 8.01. The van der Waals surface area contributed by atoms with E-state index in [2.05, 4.69) is 6.92 Å². The third kappa shape index (κ3) is 14.1. The van der Waals surface area contributed by atoms with E-state index in [4.69, 9.17) is 0 Å². The topological polar surface area (TPSA) is 0 Å². The summed E-state index contributed by atoms with van der Waals surface area (Å²) in [7, 11) is 0. The molecule has 1 radical (unpaired) electrons. The maximum atomic E-state index is 2.30. The van der Waals surface area contributed by atoms with Crippen molar-refractivity contribution in [2.75, 3.05) is 0 Å². The summed E-state index contributed by atoms with van der Waals surface area (Å²) in [6, 6.07) is 0. The number of hydrogen-bond acceptors (Lipinski definition) is 0. The molecule has 1 aliphatic rings. The van der Waals surface area contributed by atoms with Gasteiger partial charge in [-0.15, -0.1) is 0 Å². The van der Waals surface area contributed by atoms with Crippen LogP contribution < -0.4 is 0 Å². The van der Waals surface area contributed by atoms with Crippen molar-refractivity contribution < 1.29 is 0 Å². The molecule has 0 spiro atoms. The van der Waals surface area contributed by atoms with Crippen LogP contribution in [0.3, 0.4) is 0 Å². The lowest BCUT2D eigenvalue weighted by Crippen LogP contribution is -1.90. The lowest BCUT2D eigenvalue weighted by Gasteiger charge is -2.07. The van der Waals surface area contributed by atoms with E-state index in [1.165, 1.54) is 135 Å². The van der Waals surface area contributed by atoms with Gasteiger partial charge in [0, 0.05) is 0 Å². The highest BCUT2D eigenvalue weighted by molar-refractivity contribution is 4.93. The Balaban J connectivity index is 1.64. The number of unbranched alkanes of at least 4 members (excludes halogenated alkanes) is 15. The highest BCUT2D eigenvalue weighted by Gasteiger charge is 2.14. The second kappa shape index (κ2) is 16.8. The largest absolute Gasteiger partial charge is 0.0654 e. The molecule has 0 aromatic carbocycles. The summed E-state index contributed by atoms with van der Waals surface area (Å²) >= 11 is 0. The van der Waals surface area contributed by atoms with Crippen molar-refractivity contribution >= 4 is 0 Å². The lowest BCUT2D eigenvalue weighted by atomic mass is 9.99. The molecule has 0 N–H and O–H groups in total. The normalized spacial score (nSPS) is 15.5. The van der Waals surface area contributed by atoms with Crippen molar-refractivity contribution in [2.45, 2.75) is 142 Å². The van der Waals surface area contributed by atoms with Gasteiger partial charge in [0.1, 0.15) is 0 Å². The third-order valence-corrected chi connectivity index (χ3v) is 5.69. The molecule has 1 rings (SSSR count). The van der Waals surface area contributed by atoms with Gasteiger partial charge in [0.05, 0.1) is 0 Å². The first-order chi connectivity index (χ1) is 11.4. The molecular formula is C23H45. The van der Waals surface area contributed by atoms with E-state index >= 15 is 0 Å².